The summed E-state index contributed by atoms with van der Waals surface area (Å²) in [7, 11) is 0. The number of aromatic nitrogens is 2. The Balaban J connectivity index is 1.37. The second-order valence-corrected chi connectivity index (χ2v) is 7.77. The van der Waals surface area contributed by atoms with Crippen molar-refractivity contribution in [1.82, 2.24) is 15.1 Å². The molecule has 3 aromatic rings. The number of aryl methyl sites for hydroxylation is 1. The maximum atomic E-state index is 13.1. The maximum absolute atomic E-state index is 13.1. The molecule has 0 bridgehead atoms. The van der Waals surface area contributed by atoms with E-state index in [0.29, 0.717) is 37.2 Å². The number of benzene rings is 2. The highest BCUT2D eigenvalue weighted by Gasteiger charge is 2.26. The Morgan fingerprint density at radius 3 is 2.47 bits per heavy atom. The highest BCUT2D eigenvalue weighted by atomic mass is 19.1. The molecule has 0 aliphatic heterocycles. The first-order valence-corrected chi connectivity index (χ1v) is 10.6. The smallest absolute Gasteiger partial charge is 0.247 e. The fraction of sp³-hybridized carbons (Fsp3) is 0.375. The molecule has 0 saturated heterocycles. The Hall–Kier alpha value is -3.02. The van der Waals surface area contributed by atoms with Gasteiger partial charge in [0.1, 0.15) is 5.82 Å². The molecule has 156 valence electrons. The molecule has 4 rings (SSSR count). The maximum Gasteiger partial charge on any atom is 0.247 e. The van der Waals surface area contributed by atoms with Gasteiger partial charge in [-0.1, -0.05) is 43.2 Å². The zero-order valence-electron chi connectivity index (χ0n) is 17.0. The van der Waals surface area contributed by atoms with Crippen LogP contribution in [0.3, 0.4) is 0 Å². The molecule has 1 saturated carbocycles. The summed E-state index contributed by atoms with van der Waals surface area (Å²) in [5, 5.41) is 8.20. The molecule has 6 heteroatoms. The quantitative estimate of drug-likeness (QED) is 0.537. The Morgan fingerprint density at radius 1 is 1.00 bits per heavy atom. The lowest BCUT2D eigenvalue weighted by Crippen LogP contribution is -2.40. The van der Waals surface area contributed by atoms with E-state index in [2.05, 4.69) is 10.2 Å². The summed E-state index contributed by atoms with van der Waals surface area (Å²) in [6.07, 6.45) is 5.92. The summed E-state index contributed by atoms with van der Waals surface area (Å²) in [6, 6.07) is 16.4. The highest BCUT2D eigenvalue weighted by molar-refractivity contribution is 5.76. The van der Waals surface area contributed by atoms with Gasteiger partial charge in [0.15, 0.2) is 0 Å². The third-order valence-electron chi connectivity index (χ3n) is 5.68. The average Bonchev–Trinajstić information content (AvgIpc) is 3.47. The van der Waals surface area contributed by atoms with Crippen molar-refractivity contribution in [3.63, 3.8) is 0 Å². The molecule has 30 heavy (non-hydrogen) atoms. The summed E-state index contributed by atoms with van der Waals surface area (Å²) >= 11 is 0. The van der Waals surface area contributed by atoms with E-state index in [1.807, 2.05) is 35.2 Å². The minimum absolute atomic E-state index is 0.114. The molecule has 1 aliphatic carbocycles. The SMILES string of the molecule is O=C(CCc1nnc(-c2ccccc2)o1)N(CCc1ccc(F)cc1)C1CCCC1. The zero-order valence-corrected chi connectivity index (χ0v) is 17.0. The van der Waals surface area contributed by atoms with Gasteiger partial charge in [-0.05, 0) is 49.1 Å². The van der Waals surface area contributed by atoms with Crippen molar-refractivity contribution in [3.8, 4) is 11.5 Å². The fourth-order valence-corrected chi connectivity index (χ4v) is 4.04. The van der Waals surface area contributed by atoms with Gasteiger partial charge >= 0.3 is 0 Å². The summed E-state index contributed by atoms with van der Waals surface area (Å²) < 4.78 is 18.9. The minimum Gasteiger partial charge on any atom is -0.421 e. The molecule has 2 aromatic carbocycles. The standard InChI is InChI=1S/C24H26FN3O2/c25-20-12-10-18(11-13-20)16-17-28(21-8-4-5-9-21)23(29)15-14-22-26-27-24(30-22)19-6-2-1-3-7-19/h1-3,6-7,10-13,21H,4-5,8-9,14-17H2. The van der Waals surface area contributed by atoms with Crippen molar-refractivity contribution in [3.05, 3.63) is 71.9 Å². The van der Waals surface area contributed by atoms with E-state index < -0.39 is 0 Å². The normalized spacial score (nSPS) is 14.2. The van der Waals surface area contributed by atoms with E-state index in [1.54, 1.807) is 12.1 Å². The van der Waals surface area contributed by atoms with Gasteiger partial charge in [0.05, 0.1) is 0 Å². The van der Waals surface area contributed by atoms with Crippen molar-refractivity contribution in [1.29, 1.82) is 0 Å². The van der Waals surface area contributed by atoms with Crippen molar-refractivity contribution >= 4 is 5.91 Å². The largest absolute Gasteiger partial charge is 0.421 e. The van der Waals surface area contributed by atoms with Crippen LogP contribution in [0.5, 0.6) is 0 Å². The van der Waals surface area contributed by atoms with E-state index >= 15 is 0 Å². The number of halogens is 1. The topological polar surface area (TPSA) is 59.2 Å². The summed E-state index contributed by atoms with van der Waals surface area (Å²) in [6.45, 7) is 0.647. The van der Waals surface area contributed by atoms with Gasteiger partial charge in [-0.3, -0.25) is 4.79 Å². The van der Waals surface area contributed by atoms with Gasteiger partial charge in [-0.25, -0.2) is 4.39 Å². The molecular formula is C24H26FN3O2. The second kappa shape index (κ2) is 9.65. The number of hydrogen-bond acceptors (Lipinski definition) is 4. The summed E-state index contributed by atoms with van der Waals surface area (Å²) in [5.41, 5.74) is 1.91. The lowest BCUT2D eigenvalue weighted by Gasteiger charge is -2.29. The molecule has 0 spiro atoms. The van der Waals surface area contributed by atoms with E-state index in [4.69, 9.17) is 4.42 Å². The van der Waals surface area contributed by atoms with Crippen molar-refractivity contribution in [2.45, 2.75) is 51.0 Å². The van der Waals surface area contributed by atoms with E-state index in [9.17, 15) is 9.18 Å². The molecule has 1 aliphatic rings. The molecule has 0 radical (unpaired) electrons. The number of rotatable bonds is 8. The third-order valence-corrected chi connectivity index (χ3v) is 5.68. The molecule has 0 unspecified atom stereocenters. The minimum atomic E-state index is -0.239. The molecule has 1 heterocycles. The van der Waals surface area contributed by atoms with Crippen LogP contribution in [-0.4, -0.2) is 33.6 Å². The third kappa shape index (κ3) is 5.12. The zero-order chi connectivity index (χ0) is 20.8. The average molecular weight is 407 g/mol. The highest BCUT2D eigenvalue weighted by Crippen LogP contribution is 2.25. The van der Waals surface area contributed by atoms with Gasteiger partial charge in [0.2, 0.25) is 17.7 Å². The Bertz CT molecular complexity index is 950. The van der Waals surface area contributed by atoms with Crippen molar-refractivity contribution in [2.24, 2.45) is 0 Å². The monoisotopic (exact) mass is 407 g/mol. The first kappa shape index (κ1) is 20.3. The Kier molecular flexibility index (Phi) is 6.52. The summed E-state index contributed by atoms with van der Waals surface area (Å²) in [5.74, 6) is 0.828. The van der Waals surface area contributed by atoms with Crippen LogP contribution < -0.4 is 0 Å². The van der Waals surface area contributed by atoms with Crippen LogP contribution in [0.1, 0.15) is 43.6 Å². The van der Waals surface area contributed by atoms with E-state index in [1.165, 1.54) is 12.1 Å². The Labute approximate surface area is 175 Å². The Morgan fingerprint density at radius 2 is 1.73 bits per heavy atom. The number of nitrogens with zero attached hydrogens (tertiary/aromatic N) is 3. The molecule has 5 nitrogen and oxygen atoms in total. The molecule has 1 amide bonds. The van der Waals surface area contributed by atoms with Crippen LogP contribution in [-0.2, 0) is 17.6 Å². The second-order valence-electron chi connectivity index (χ2n) is 7.77. The van der Waals surface area contributed by atoms with Crippen LogP contribution in [0.2, 0.25) is 0 Å². The van der Waals surface area contributed by atoms with Crippen LogP contribution in [0.15, 0.2) is 59.0 Å². The van der Waals surface area contributed by atoms with Gasteiger partial charge in [-0.2, -0.15) is 0 Å². The molecule has 1 fully saturated rings. The van der Waals surface area contributed by atoms with Crippen LogP contribution >= 0.6 is 0 Å². The number of amides is 1. The van der Waals surface area contributed by atoms with Gasteiger partial charge < -0.3 is 9.32 Å². The number of carbonyl (C=O) groups excluding carboxylic acids is 1. The lowest BCUT2D eigenvalue weighted by molar-refractivity contribution is -0.133. The van der Waals surface area contributed by atoms with Gasteiger partial charge in [0, 0.05) is 31.0 Å². The molecular weight excluding hydrogens is 381 g/mol. The van der Waals surface area contributed by atoms with Gasteiger partial charge in [-0.15, -0.1) is 10.2 Å². The van der Waals surface area contributed by atoms with E-state index in [-0.39, 0.29) is 11.7 Å². The molecule has 0 N–H and O–H groups in total. The predicted molar refractivity (Wildman–Crippen MR) is 112 cm³/mol. The first-order chi connectivity index (χ1) is 14.7. The number of carbonyl (C=O) groups is 1. The predicted octanol–water partition coefficient (Wildman–Crippen LogP) is 4.82. The lowest BCUT2D eigenvalue weighted by atomic mass is 10.1. The van der Waals surface area contributed by atoms with E-state index in [0.717, 1.165) is 43.2 Å². The fourth-order valence-electron chi connectivity index (χ4n) is 4.04. The first-order valence-electron chi connectivity index (χ1n) is 10.6. The van der Waals surface area contributed by atoms with Crippen LogP contribution in [0.4, 0.5) is 4.39 Å². The van der Waals surface area contributed by atoms with Gasteiger partial charge in [0.25, 0.3) is 0 Å². The van der Waals surface area contributed by atoms with Crippen LogP contribution in [0, 0.1) is 5.82 Å². The summed E-state index contributed by atoms with van der Waals surface area (Å²) in [4.78, 5) is 15.0. The van der Waals surface area contributed by atoms with Crippen molar-refractivity contribution in [2.75, 3.05) is 6.54 Å². The van der Waals surface area contributed by atoms with Crippen molar-refractivity contribution < 1.29 is 13.6 Å². The molecule has 0 atom stereocenters. The number of hydrogen-bond donors (Lipinski definition) is 0. The van der Waals surface area contributed by atoms with Crippen LogP contribution in [0.25, 0.3) is 11.5 Å². The molecule has 1 aromatic heterocycles.